The number of ether oxygens (including phenoxy) is 1. The van der Waals surface area contributed by atoms with Gasteiger partial charge in [-0.05, 0) is 43.2 Å². The summed E-state index contributed by atoms with van der Waals surface area (Å²) in [6.07, 6.45) is 8.54. The van der Waals surface area contributed by atoms with E-state index in [4.69, 9.17) is 9.72 Å². The summed E-state index contributed by atoms with van der Waals surface area (Å²) in [5, 5.41) is 11.6. The zero-order valence-electron chi connectivity index (χ0n) is 19.1. The second-order valence-electron chi connectivity index (χ2n) is 9.43. The van der Waals surface area contributed by atoms with E-state index in [0.29, 0.717) is 38.2 Å². The van der Waals surface area contributed by atoms with Gasteiger partial charge in [0.2, 0.25) is 0 Å². The van der Waals surface area contributed by atoms with E-state index in [1.54, 1.807) is 11.3 Å². The number of nitrogens with one attached hydrogen (secondary N) is 1. The van der Waals surface area contributed by atoms with Crippen LogP contribution in [0.15, 0.2) is 35.1 Å². The van der Waals surface area contributed by atoms with Crippen molar-refractivity contribution in [2.75, 3.05) is 13.2 Å². The molecule has 1 atom stereocenters. The van der Waals surface area contributed by atoms with Crippen LogP contribution < -0.4 is 5.56 Å². The van der Waals surface area contributed by atoms with Crippen LogP contribution in [0, 0.1) is 0 Å². The lowest BCUT2D eigenvalue weighted by Crippen LogP contribution is -2.43. The van der Waals surface area contributed by atoms with Gasteiger partial charge in [-0.1, -0.05) is 49.6 Å². The fraction of sp³-hybridized carbons (Fsp3) is 0.538. The number of aromatic nitrogens is 2. The molecule has 5 rings (SSSR count). The average molecular weight is 468 g/mol. The monoisotopic (exact) mass is 467 g/mol. The predicted octanol–water partition coefficient (Wildman–Crippen LogP) is 4.19. The third-order valence-electron chi connectivity index (χ3n) is 6.94. The van der Waals surface area contributed by atoms with Gasteiger partial charge in [0.15, 0.2) is 0 Å². The molecule has 33 heavy (non-hydrogen) atoms. The molecule has 0 saturated heterocycles. The number of benzene rings is 1. The molecule has 0 aliphatic heterocycles. The Morgan fingerprint density at radius 1 is 1.15 bits per heavy atom. The van der Waals surface area contributed by atoms with Crippen LogP contribution >= 0.6 is 11.3 Å². The molecule has 0 radical (unpaired) electrons. The first kappa shape index (κ1) is 22.7. The maximum absolute atomic E-state index is 12.9. The molecule has 1 fully saturated rings. The number of aliphatic hydroxyl groups excluding tert-OH is 1. The number of aliphatic hydroxyl groups is 1. The summed E-state index contributed by atoms with van der Waals surface area (Å²) < 4.78 is 5.78. The maximum Gasteiger partial charge on any atom is 0.259 e. The summed E-state index contributed by atoms with van der Waals surface area (Å²) in [6.45, 7) is 1.85. The first-order valence-corrected chi connectivity index (χ1v) is 13.1. The van der Waals surface area contributed by atoms with Gasteiger partial charge in [-0.3, -0.25) is 9.69 Å². The Balaban J connectivity index is 1.27. The van der Waals surface area contributed by atoms with Crippen molar-refractivity contribution in [1.29, 1.82) is 0 Å². The molecule has 6 nitrogen and oxygen atoms in total. The van der Waals surface area contributed by atoms with Crippen LogP contribution in [0.3, 0.4) is 0 Å². The van der Waals surface area contributed by atoms with E-state index in [2.05, 4.69) is 9.88 Å². The SMILES string of the molecule is O=c1[nH]c(CN(CC(O)COCc2ccccc2)C2CCCCC2)nc2sc3c(c12)CCC3. The highest BCUT2D eigenvalue weighted by atomic mass is 32.1. The van der Waals surface area contributed by atoms with Gasteiger partial charge < -0.3 is 14.8 Å². The number of fused-ring (bicyclic) bond motifs is 3. The molecule has 0 spiro atoms. The number of aromatic amines is 1. The molecule has 0 bridgehead atoms. The number of hydrogen-bond donors (Lipinski definition) is 2. The van der Waals surface area contributed by atoms with Gasteiger partial charge in [-0.25, -0.2) is 4.98 Å². The van der Waals surface area contributed by atoms with E-state index >= 15 is 0 Å². The smallest absolute Gasteiger partial charge is 0.259 e. The van der Waals surface area contributed by atoms with Crippen molar-refractivity contribution in [3.05, 3.63) is 62.5 Å². The first-order valence-electron chi connectivity index (χ1n) is 12.2. The minimum Gasteiger partial charge on any atom is -0.389 e. The van der Waals surface area contributed by atoms with Crippen molar-refractivity contribution in [2.24, 2.45) is 0 Å². The highest BCUT2D eigenvalue weighted by molar-refractivity contribution is 7.18. The Hall–Kier alpha value is -2.06. The normalized spacial score (nSPS) is 17.6. The van der Waals surface area contributed by atoms with Crippen LogP contribution in [0.2, 0.25) is 0 Å². The predicted molar refractivity (Wildman–Crippen MR) is 132 cm³/mol. The molecule has 1 saturated carbocycles. The van der Waals surface area contributed by atoms with E-state index in [0.717, 1.165) is 47.9 Å². The van der Waals surface area contributed by atoms with Crippen molar-refractivity contribution in [3.8, 4) is 0 Å². The molecular weight excluding hydrogens is 434 g/mol. The molecule has 1 unspecified atom stereocenters. The minimum absolute atomic E-state index is 0.00950. The van der Waals surface area contributed by atoms with Gasteiger partial charge in [0.1, 0.15) is 10.7 Å². The number of hydrogen-bond acceptors (Lipinski definition) is 6. The quantitative estimate of drug-likeness (QED) is 0.493. The summed E-state index contributed by atoms with van der Waals surface area (Å²) >= 11 is 1.68. The van der Waals surface area contributed by atoms with Crippen LogP contribution in [-0.4, -0.2) is 45.3 Å². The van der Waals surface area contributed by atoms with Gasteiger partial charge in [0.05, 0.1) is 31.2 Å². The highest BCUT2D eigenvalue weighted by Gasteiger charge is 2.26. The summed E-state index contributed by atoms with van der Waals surface area (Å²) in [7, 11) is 0. The van der Waals surface area contributed by atoms with Crippen LogP contribution in [0.4, 0.5) is 0 Å². The van der Waals surface area contributed by atoms with Gasteiger partial charge >= 0.3 is 0 Å². The van der Waals surface area contributed by atoms with Crippen molar-refractivity contribution in [2.45, 2.75) is 76.7 Å². The van der Waals surface area contributed by atoms with E-state index in [1.165, 1.54) is 29.7 Å². The first-order chi connectivity index (χ1) is 16.2. The molecule has 2 N–H and O–H groups in total. The molecule has 2 heterocycles. The summed E-state index contributed by atoms with van der Waals surface area (Å²) in [6, 6.07) is 10.4. The number of thiophene rings is 1. The lowest BCUT2D eigenvalue weighted by Gasteiger charge is -2.35. The number of H-pyrrole nitrogens is 1. The molecule has 1 aromatic carbocycles. The summed E-state index contributed by atoms with van der Waals surface area (Å²) in [4.78, 5) is 25.3. The molecule has 3 aromatic rings. The minimum atomic E-state index is -0.586. The van der Waals surface area contributed by atoms with E-state index < -0.39 is 6.10 Å². The summed E-state index contributed by atoms with van der Waals surface area (Å²) in [5.41, 5.74) is 2.31. The number of nitrogens with zero attached hydrogens (tertiary/aromatic N) is 2. The number of aryl methyl sites for hydroxylation is 2. The van der Waals surface area contributed by atoms with Gasteiger partial charge in [0.25, 0.3) is 5.56 Å². The third-order valence-corrected chi connectivity index (χ3v) is 8.12. The van der Waals surface area contributed by atoms with Crippen molar-refractivity contribution in [1.82, 2.24) is 14.9 Å². The standard InChI is InChI=1S/C26H33N3O3S/c30-20(17-32-16-18-8-3-1-4-9-18)14-29(19-10-5-2-6-11-19)15-23-27-25(31)24-21-12-7-13-22(21)33-26(24)28-23/h1,3-4,8-9,19-20,30H,2,5-7,10-17H2,(H,27,28,31). The molecule has 7 heteroatoms. The van der Waals surface area contributed by atoms with Crippen LogP contribution in [0.1, 0.15) is 60.4 Å². The largest absolute Gasteiger partial charge is 0.389 e. The van der Waals surface area contributed by atoms with Crippen molar-refractivity contribution in [3.63, 3.8) is 0 Å². The molecule has 2 aliphatic rings. The molecule has 2 aliphatic carbocycles. The van der Waals surface area contributed by atoms with Crippen LogP contribution in [-0.2, 0) is 30.7 Å². The zero-order valence-corrected chi connectivity index (χ0v) is 19.9. The second kappa shape index (κ2) is 10.5. The Morgan fingerprint density at radius 2 is 1.97 bits per heavy atom. The molecule has 176 valence electrons. The lowest BCUT2D eigenvalue weighted by molar-refractivity contribution is -0.00393. The average Bonchev–Trinajstić information content (AvgIpc) is 3.41. The fourth-order valence-electron chi connectivity index (χ4n) is 5.31. The second-order valence-corrected chi connectivity index (χ2v) is 10.5. The van der Waals surface area contributed by atoms with Crippen molar-refractivity contribution >= 4 is 21.6 Å². The van der Waals surface area contributed by atoms with E-state index in [9.17, 15) is 9.90 Å². The Bertz CT molecular complexity index is 1120. The van der Waals surface area contributed by atoms with Gasteiger partial charge in [0, 0.05) is 17.5 Å². The van der Waals surface area contributed by atoms with E-state index in [1.807, 2.05) is 30.3 Å². The Kier molecular flexibility index (Phi) is 7.21. The zero-order chi connectivity index (χ0) is 22.6. The van der Waals surface area contributed by atoms with Crippen molar-refractivity contribution < 1.29 is 9.84 Å². The van der Waals surface area contributed by atoms with Crippen LogP contribution in [0.5, 0.6) is 0 Å². The van der Waals surface area contributed by atoms with Crippen LogP contribution in [0.25, 0.3) is 10.2 Å². The van der Waals surface area contributed by atoms with Gasteiger partial charge in [-0.15, -0.1) is 11.3 Å². The van der Waals surface area contributed by atoms with Gasteiger partial charge in [-0.2, -0.15) is 0 Å². The number of rotatable bonds is 9. The molecule has 0 amide bonds. The fourth-order valence-corrected chi connectivity index (χ4v) is 6.59. The maximum atomic E-state index is 12.9. The topological polar surface area (TPSA) is 78.5 Å². The third kappa shape index (κ3) is 5.38. The Morgan fingerprint density at radius 3 is 2.79 bits per heavy atom. The Labute approximate surface area is 198 Å². The van der Waals surface area contributed by atoms with E-state index in [-0.39, 0.29) is 5.56 Å². The lowest BCUT2D eigenvalue weighted by atomic mass is 9.94. The summed E-state index contributed by atoms with van der Waals surface area (Å²) in [5.74, 6) is 0.704. The highest BCUT2D eigenvalue weighted by Crippen LogP contribution is 2.34. The molecule has 2 aromatic heterocycles. The molecular formula is C26H33N3O3S.